The predicted octanol–water partition coefficient (Wildman–Crippen LogP) is 1.22. The van der Waals surface area contributed by atoms with Crippen LogP contribution in [-0.4, -0.2) is 23.1 Å². The molecule has 1 saturated heterocycles. The molecule has 1 fully saturated rings. The van der Waals surface area contributed by atoms with Crippen LogP contribution in [0.15, 0.2) is 6.20 Å². The average Bonchev–Trinajstić information content (AvgIpc) is 2.32. The number of nitrogens with zero attached hydrogens (tertiary/aromatic N) is 1. The summed E-state index contributed by atoms with van der Waals surface area (Å²) in [7, 11) is 0. The van der Waals surface area contributed by atoms with E-state index in [4.69, 9.17) is 0 Å². The zero-order valence-electron chi connectivity index (χ0n) is 7.59. The lowest BCUT2D eigenvalue weighted by Crippen LogP contribution is -2.40. The molecule has 1 aromatic heterocycles. The maximum absolute atomic E-state index is 4.36. The summed E-state index contributed by atoms with van der Waals surface area (Å²) in [5.41, 5.74) is 1.25. The van der Waals surface area contributed by atoms with E-state index in [1.54, 1.807) is 0 Å². The van der Waals surface area contributed by atoms with Gasteiger partial charge in [0.2, 0.25) is 0 Å². The Morgan fingerprint density at radius 1 is 1.50 bits per heavy atom. The van der Waals surface area contributed by atoms with Gasteiger partial charge in [-0.25, -0.2) is 4.98 Å². The van der Waals surface area contributed by atoms with Crippen molar-refractivity contribution in [1.82, 2.24) is 15.3 Å². The van der Waals surface area contributed by atoms with Crippen LogP contribution in [0.1, 0.15) is 37.2 Å². The van der Waals surface area contributed by atoms with E-state index in [0.717, 1.165) is 18.9 Å². The summed E-state index contributed by atoms with van der Waals surface area (Å²) in [5.74, 6) is 2.33. The molecule has 0 atom stereocenters. The lowest BCUT2D eigenvalue weighted by Gasteiger charge is -2.24. The topological polar surface area (TPSA) is 40.7 Å². The highest BCUT2D eigenvalue weighted by Crippen LogP contribution is 2.19. The van der Waals surface area contributed by atoms with Gasteiger partial charge in [-0.2, -0.15) is 0 Å². The third-order valence-electron chi connectivity index (χ3n) is 2.41. The maximum Gasteiger partial charge on any atom is 0.111 e. The molecule has 66 valence electrons. The van der Waals surface area contributed by atoms with Crippen molar-refractivity contribution in [2.24, 2.45) is 0 Å². The van der Waals surface area contributed by atoms with E-state index < -0.39 is 0 Å². The van der Waals surface area contributed by atoms with E-state index in [1.165, 1.54) is 5.69 Å². The van der Waals surface area contributed by atoms with Gasteiger partial charge >= 0.3 is 0 Å². The highest BCUT2D eigenvalue weighted by molar-refractivity contribution is 5.11. The largest absolute Gasteiger partial charge is 0.345 e. The molecule has 1 aromatic rings. The Morgan fingerprint density at radius 2 is 2.25 bits per heavy atom. The molecule has 0 spiro atoms. The van der Waals surface area contributed by atoms with Gasteiger partial charge in [-0.05, 0) is 5.92 Å². The summed E-state index contributed by atoms with van der Waals surface area (Å²) in [6.45, 7) is 6.50. The monoisotopic (exact) mass is 165 g/mol. The molecule has 0 aromatic carbocycles. The number of rotatable bonds is 2. The average molecular weight is 165 g/mol. The first kappa shape index (κ1) is 7.80. The summed E-state index contributed by atoms with van der Waals surface area (Å²) in [6.07, 6.45) is 1.96. The summed E-state index contributed by atoms with van der Waals surface area (Å²) in [4.78, 5) is 7.73. The van der Waals surface area contributed by atoms with E-state index in [9.17, 15) is 0 Å². The normalized spacial score (nSPS) is 18.2. The van der Waals surface area contributed by atoms with Crippen molar-refractivity contribution in [3.05, 3.63) is 17.7 Å². The SMILES string of the molecule is CC(C)c1cnc(C2CNC2)[nH]1. The molecule has 1 aliphatic rings. The Labute approximate surface area is 72.6 Å². The van der Waals surface area contributed by atoms with Crippen molar-refractivity contribution in [1.29, 1.82) is 0 Å². The first-order chi connectivity index (χ1) is 5.77. The Hall–Kier alpha value is -0.830. The second-order valence-electron chi connectivity index (χ2n) is 3.73. The van der Waals surface area contributed by atoms with Gasteiger partial charge in [0, 0.05) is 30.9 Å². The molecule has 0 aliphatic carbocycles. The first-order valence-electron chi connectivity index (χ1n) is 4.53. The zero-order chi connectivity index (χ0) is 8.55. The second kappa shape index (κ2) is 2.90. The molecule has 1 aliphatic heterocycles. The highest BCUT2D eigenvalue weighted by atomic mass is 15.0. The number of aromatic nitrogens is 2. The molecule has 2 N–H and O–H groups in total. The number of aromatic amines is 1. The minimum Gasteiger partial charge on any atom is -0.345 e. The van der Waals surface area contributed by atoms with Crippen LogP contribution in [0, 0.1) is 0 Å². The van der Waals surface area contributed by atoms with Crippen LogP contribution in [0.3, 0.4) is 0 Å². The standard InChI is InChI=1S/C9H15N3/c1-6(2)8-5-11-9(12-8)7-3-10-4-7/h5-7,10H,3-4H2,1-2H3,(H,11,12). The van der Waals surface area contributed by atoms with Gasteiger partial charge in [0.25, 0.3) is 0 Å². The van der Waals surface area contributed by atoms with Crippen molar-refractivity contribution in [3.63, 3.8) is 0 Å². The molecule has 0 bridgehead atoms. The molecule has 0 amide bonds. The fraction of sp³-hybridized carbons (Fsp3) is 0.667. The van der Waals surface area contributed by atoms with Gasteiger partial charge in [-0.3, -0.25) is 0 Å². The number of imidazole rings is 1. The van der Waals surface area contributed by atoms with Crippen molar-refractivity contribution in [2.75, 3.05) is 13.1 Å². The van der Waals surface area contributed by atoms with Gasteiger partial charge < -0.3 is 10.3 Å². The summed E-state index contributed by atoms with van der Waals surface area (Å²) < 4.78 is 0. The van der Waals surface area contributed by atoms with Crippen molar-refractivity contribution >= 4 is 0 Å². The lowest BCUT2D eigenvalue weighted by molar-refractivity contribution is 0.432. The van der Waals surface area contributed by atoms with E-state index >= 15 is 0 Å². The molecule has 2 heterocycles. The highest BCUT2D eigenvalue weighted by Gasteiger charge is 2.21. The molecule has 0 unspecified atom stereocenters. The van der Waals surface area contributed by atoms with E-state index in [-0.39, 0.29) is 0 Å². The predicted molar refractivity (Wildman–Crippen MR) is 48.3 cm³/mol. The van der Waals surface area contributed by atoms with Gasteiger partial charge in [-0.1, -0.05) is 13.8 Å². The fourth-order valence-corrected chi connectivity index (χ4v) is 1.33. The molecule has 3 nitrogen and oxygen atoms in total. The molecule has 0 saturated carbocycles. The van der Waals surface area contributed by atoms with Crippen molar-refractivity contribution in [3.8, 4) is 0 Å². The number of hydrogen-bond donors (Lipinski definition) is 2. The Kier molecular flexibility index (Phi) is 1.89. The molecular weight excluding hydrogens is 150 g/mol. The van der Waals surface area contributed by atoms with Crippen molar-refractivity contribution in [2.45, 2.75) is 25.7 Å². The summed E-state index contributed by atoms with van der Waals surface area (Å²) in [5, 5.41) is 3.24. The van der Waals surface area contributed by atoms with Gasteiger partial charge in [0.15, 0.2) is 0 Å². The van der Waals surface area contributed by atoms with E-state index in [1.807, 2.05) is 6.20 Å². The van der Waals surface area contributed by atoms with Crippen LogP contribution in [0.2, 0.25) is 0 Å². The first-order valence-corrected chi connectivity index (χ1v) is 4.53. The van der Waals surface area contributed by atoms with Crippen LogP contribution >= 0.6 is 0 Å². The second-order valence-corrected chi connectivity index (χ2v) is 3.73. The van der Waals surface area contributed by atoms with Crippen LogP contribution in [0.25, 0.3) is 0 Å². The number of H-pyrrole nitrogens is 1. The van der Waals surface area contributed by atoms with E-state index in [2.05, 4.69) is 29.1 Å². The van der Waals surface area contributed by atoms with E-state index in [0.29, 0.717) is 11.8 Å². The minimum atomic E-state index is 0.555. The molecular formula is C9H15N3. The van der Waals surface area contributed by atoms with Crippen molar-refractivity contribution < 1.29 is 0 Å². The third-order valence-corrected chi connectivity index (χ3v) is 2.41. The zero-order valence-corrected chi connectivity index (χ0v) is 7.59. The molecule has 3 heteroatoms. The summed E-state index contributed by atoms with van der Waals surface area (Å²) >= 11 is 0. The molecule has 2 rings (SSSR count). The fourth-order valence-electron chi connectivity index (χ4n) is 1.33. The minimum absolute atomic E-state index is 0.555. The summed E-state index contributed by atoms with van der Waals surface area (Å²) in [6, 6.07) is 0. The van der Waals surface area contributed by atoms with Gasteiger partial charge in [0.05, 0.1) is 0 Å². The Bertz CT molecular complexity index is 260. The molecule has 12 heavy (non-hydrogen) atoms. The lowest BCUT2D eigenvalue weighted by atomic mass is 10.0. The number of hydrogen-bond acceptors (Lipinski definition) is 2. The smallest absolute Gasteiger partial charge is 0.111 e. The Morgan fingerprint density at radius 3 is 2.67 bits per heavy atom. The van der Waals surface area contributed by atoms with Crippen LogP contribution in [-0.2, 0) is 0 Å². The third kappa shape index (κ3) is 1.25. The maximum atomic E-state index is 4.36. The quantitative estimate of drug-likeness (QED) is 0.691. The van der Waals surface area contributed by atoms with Crippen LogP contribution in [0.5, 0.6) is 0 Å². The molecule has 0 radical (unpaired) electrons. The van der Waals surface area contributed by atoms with Gasteiger partial charge in [0.1, 0.15) is 5.82 Å². The Balaban J connectivity index is 2.12. The van der Waals surface area contributed by atoms with Crippen LogP contribution in [0.4, 0.5) is 0 Å². The van der Waals surface area contributed by atoms with Gasteiger partial charge in [-0.15, -0.1) is 0 Å². The van der Waals surface area contributed by atoms with Crippen LogP contribution < -0.4 is 5.32 Å². The number of nitrogens with one attached hydrogen (secondary N) is 2.